The fraction of sp³-hybridized carbons (Fsp3) is 0.280. The van der Waals surface area contributed by atoms with Gasteiger partial charge in [-0.3, -0.25) is 24.4 Å². The summed E-state index contributed by atoms with van der Waals surface area (Å²) in [6, 6.07) is 5.25. The van der Waals surface area contributed by atoms with Crippen molar-refractivity contribution in [3.05, 3.63) is 59.9 Å². The number of amides is 3. The minimum absolute atomic E-state index is 0. The Hall–Kier alpha value is -3.39. The summed E-state index contributed by atoms with van der Waals surface area (Å²) in [5.41, 5.74) is 0.544. The molecule has 2 saturated heterocycles. The van der Waals surface area contributed by atoms with Crippen LogP contribution in [0.2, 0.25) is 0 Å². The van der Waals surface area contributed by atoms with Gasteiger partial charge < -0.3 is 35.6 Å². The maximum atomic E-state index is 13.4. The van der Waals surface area contributed by atoms with Gasteiger partial charge in [-0.15, -0.1) is 11.8 Å². The Labute approximate surface area is 248 Å². The summed E-state index contributed by atoms with van der Waals surface area (Å²) in [5.74, 6) is -4.01. The van der Waals surface area contributed by atoms with Crippen molar-refractivity contribution in [2.75, 3.05) is 0 Å². The van der Waals surface area contributed by atoms with Crippen LogP contribution in [-0.4, -0.2) is 71.0 Å². The molecule has 0 radical (unpaired) electrons. The second-order valence-electron chi connectivity index (χ2n) is 9.45. The van der Waals surface area contributed by atoms with Crippen LogP contribution in [-0.2, 0) is 14.4 Å². The number of carboxylic acids is 1. The molecule has 4 N–H and O–H groups in total. The van der Waals surface area contributed by atoms with E-state index >= 15 is 0 Å². The monoisotopic (exact) mass is 559 g/mol. The molecule has 2 aliphatic rings. The molecule has 196 valence electrons. The predicted octanol–water partition coefficient (Wildman–Crippen LogP) is -3.19. The Morgan fingerprint density at radius 1 is 1.13 bits per heavy atom. The molecule has 2 fully saturated rings. The van der Waals surface area contributed by atoms with Crippen molar-refractivity contribution in [1.82, 2.24) is 25.5 Å². The van der Waals surface area contributed by atoms with Gasteiger partial charge in [0.1, 0.15) is 34.3 Å². The van der Waals surface area contributed by atoms with Gasteiger partial charge in [-0.2, -0.15) is 0 Å². The molecule has 5 rings (SSSR count). The van der Waals surface area contributed by atoms with E-state index in [-0.39, 0.29) is 52.0 Å². The molecule has 0 bridgehead atoms. The number of phenols is 1. The molecule has 39 heavy (non-hydrogen) atoms. The standard InChI is InChI=1S/C25H23N5O7S.Na/c1-25(2)19(24(36)37)30-22(35)17(23(30)38-25)29-21(34)15(11-5-7-12(31)8-6-11)28-20(33)13-10-27-14-4-3-9-26-16(14)18(13)32;/h3-10,15,17,19,23,31H,1-2H3,(H,27,32)(H,28,33)(H,29,34)(H,36,37);/q;+1/p-1/t15?,17-,19+,23-;/m1./s1. The van der Waals surface area contributed by atoms with Crippen LogP contribution in [0.15, 0.2) is 48.8 Å². The number of fused-ring (bicyclic) bond motifs is 2. The molecule has 0 aliphatic carbocycles. The van der Waals surface area contributed by atoms with Gasteiger partial charge in [-0.1, -0.05) is 12.1 Å². The van der Waals surface area contributed by atoms with Gasteiger partial charge in [0.05, 0.1) is 17.5 Å². The van der Waals surface area contributed by atoms with Crippen LogP contribution in [0.4, 0.5) is 0 Å². The molecule has 4 atom stereocenters. The molecule has 0 saturated carbocycles. The predicted molar refractivity (Wildman–Crippen MR) is 133 cm³/mol. The quantitative estimate of drug-likeness (QED) is 0.177. The number of hydrogen-bond donors (Lipinski definition) is 4. The number of hydrogen-bond acceptors (Lipinski definition) is 10. The van der Waals surface area contributed by atoms with Crippen LogP contribution in [0.5, 0.6) is 11.5 Å². The summed E-state index contributed by atoms with van der Waals surface area (Å²) in [5, 5.41) is 36.5. The molecule has 0 spiro atoms. The second-order valence-corrected chi connectivity index (χ2v) is 11.2. The molecule has 2 aromatic heterocycles. The van der Waals surface area contributed by atoms with Crippen molar-refractivity contribution >= 4 is 46.5 Å². The van der Waals surface area contributed by atoms with E-state index in [0.717, 1.165) is 6.20 Å². The zero-order valence-corrected chi connectivity index (χ0v) is 23.9. The third kappa shape index (κ3) is 5.02. The Balaban J connectivity index is 0.00000353. The van der Waals surface area contributed by atoms with Crippen LogP contribution in [0.1, 0.15) is 35.8 Å². The Bertz CT molecular complexity index is 1490. The average Bonchev–Trinajstić information content (AvgIpc) is 3.14. The third-order valence-electron chi connectivity index (χ3n) is 6.57. The summed E-state index contributed by atoms with van der Waals surface area (Å²) < 4.78 is -0.835. The first-order valence-corrected chi connectivity index (χ1v) is 12.4. The molecule has 3 aromatic rings. The number of carboxylic acid groups (broad SMARTS) is 1. The molecule has 4 heterocycles. The second kappa shape index (κ2) is 10.6. The van der Waals surface area contributed by atoms with E-state index in [4.69, 9.17) is 0 Å². The van der Waals surface area contributed by atoms with E-state index in [2.05, 4.69) is 20.6 Å². The number of β-lactam (4-membered cyclic amide) rings is 1. The van der Waals surface area contributed by atoms with Crippen molar-refractivity contribution in [2.24, 2.45) is 0 Å². The Morgan fingerprint density at radius 3 is 2.49 bits per heavy atom. The summed E-state index contributed by atoms with van der Waals surface area (Å²) in [7, 11) is 0. The molecule has 14 heteroatoms. The summed E-state index contributed by atoms with van der Waals surface area (Å²) in [4.78, 5) is 60.4. The van der Waals surface area contributed by atoms with Crippen LogP contribution in [0.25, 0.3) is 11.0 Å². The minimum atomic E-state index is -1.38. The third-order valence-corrected chi connectivity index (χ3v) is 8.14. The number of carbonyl (C=O) groups is 4. The van der Waals surface area contributed by atoms with Crippen LogP contribution < -0.4 is 45.3 Å². The zero-order chi connectivity index (χ0) is 27.4. The number of carbonyl (C=O) groups excluding carboxylic acids is 4. The number of aromatic hydroxyl groups is 2. The van der Waals surface area contributed by atoms with Gasteiger partial charge in [-0.25, -0.2) is 0 Å². The van der Waals surface area contributed by atoms with Gasteiger partial charge in [0.2, 0.25) is 11.8 Å². The topological polar surface area (TPSA) is 185 Å². The van der Waals surface area contributed by atoms with Gasteiger partial charge in [-0.05, 0) is 43.7 Å². The van der Waals surface area contributed by atoms with E-state index in [0.29, 0.717) is 5.52 Å². The molecule has 2 aliphatic heterocycles. The van der Waals surface area contributed by atoms with Crippen LogP contribution in [0, 0.1) is 0 Å². The van der Waals surface area contributed by atoms with Crippen molar-refractivity contribution in [3.8, 4) is 11.5 Å². The average molecular weight is 560 g/mol. The molecular formula is C25H22N5NaO7S. The molecule has 3 amide bonds. The zero-order valence-electron chi connectivity index (χ0n) is 21.1. The van der Waals surface area contributed by atoms with Crippen molar-refractivity contribution in [1.29, 1.82) is 0 Å². The number of pyridine rings is 2. The van der Waals surface area contributed by atoms with Gasteiger partial charge in [0, 0.05) is 17.1 Å². The maximum Gasteiger partial charge on any atom is 1.00 e. The van der Waals surface area contributed by atoms with E-state index in [9.17, 15) is 34.5 Å². The molecular weight excluding hydrogens is 537 g/mol. The number of nitrogens with one attached hydrogen (secondary N) is 2. The summed E-state index contributed by atoms with van der Waals surface area (Å²) >= 11 is 1.23. The van der Waals surface area contributed by atoms with E-state index in [1.54, 1.807) is 26.0 Å². The Morgan fingerprint density at radius 2 is 1.82 bits per heavy atom. The van der Waals surface area contributed by atoms with Gasteiger partial charge in [0.25, 0.3) is 5.91 Å². The summed E-state index contributed by atoms with van der Waals surface area (Å²) in [6.07, 6.45) is 2.59. The first-order valence-electron chi connectivity index (χ1n) is 11.5. The number of aliphatic carboxylic acids is 1. The number of phenolic OH excluding ortho intramolecular Hbond substituents is 1. The minimum Gasteiger partial charge on any atom is -0.548 e. The normalized spacial score (nSPS) is 21.7. The van der Waals surface area contributed by atoms with Crippen LogP contribution in [0.3, 0.4) is 0 Å². The number of aromatic nitrogens is 2. The van der Waals surface area contributed by atoms with E-state index in [1.807, 2.05) is 0 Å². The molecule has 1 unspecified atom stereocenters. The van der Waals surface area contributed by atoms with Crippen molar-refractivity contribution in [2.45, 2.75) is 42.1 Å². The smallest absolute Gasteiger partial charge is 0.548 e. The van der Waals surface area contributed by atoms with Crippen molar-refractivity contribution in [3.63, 3.8) is 0 Å². The molecule has 1 aromatic carbocycles. The largest absolute Gasteiger partial charge is 1.00 e. The first-order chi connectivity index (χ1) is 18.0. The van der Waals surface area contributed by atoms with Crippen molar-refractivity contribution < 1.29 is 64.1 Å². The Kier molecular flexibility index (Phi) is 7.81. The first kappa shape index (κ1) is 28.6. The fourth-order valence-corrected chi connectivity index (χ4v) is 6.33. The number of thioether (sulfide) groups is 1. The maximum absolute atomic E-state index is 13.4. The molecule has 12 nitrogen and oxygen atoms in total. The van der Waals surface area contributed by atoms with E-state index < -0.39 is 57.7 Å². The van der Waals surface area contributed by atoms with Crippen LogP contribution >= 0.6 is 11.8 Å². The summed E-state index contributed by atoms with van der Waals surface area (Å²) in [6.45, 7) is 3.36. The number of benzene rings is 1. The fourth-order valence-electron chi connectivity index (χ4n) is 4.71. The van der Waals surface area contributed by atoms with Gasteiger partial charge in [0.15, 0.2) is 5.75 Å². The number of nitrogens with zero attached hydrogens (tertiary/aromatic N) is 3. The van der Waals surface area contributed by atoms with Gasteiger partial charge >= 0.3 is 29.6 Å². The van der Waals surface area contributed by atoms with E-state index in [1.165, 1.54) is 47.1 Å². The SMILES string of the molecule is CC1(C)S[C@@H]2[C@H](NC(=O)C(NC(=O)c3cnc4cccnc4c3O)c3ccc(O)cc3)C(=O)N2[C@H]1C(=O)[O-].[Na+]. The number of rotatable bonds is 6.